The molecule has 1 N–H and O–H groups in total. The van der Waals surface area contributed by atoms with Crippen LogP contribution in [0, 0.1) is 0 Å². The van der Waals surface area contributed by atoms with Gasteiger partial charge in [0.2, 0.25) is 0 Å². The van der Waals surface area contributed by atoms with Gasteiger partial charge in [0.1, 0.15) is 0 Å². The minimum absolute atomic E-state index is 0.204. The second-order valence-corrected chi connectivity index (χ2v) is 3.96. The number of benzene rings is 1. The van der Waals surface area contributed by atoms with Crippen molar-refractivity contribution in [1.29, 1.82) is 0 Å². The number of amides is 1. The van der Waals surface area contributed by atoms with E-state index in [1.54, 1.807) is 5.32 Å². The van der Waals surface area contributed by atoms with E-state index in [0.717, 1.165) is 0 Å². The summed E-state index contributed by atoms with van der Waals surface area (Å²) in [6.07, 6.45) is -4.92. The number of halogens is 4. The van der Waals surface area contributed by atoms with Crippen LogP contribution >= 0.6 is 11.6 Å². The van der Waals surface area contributed by atoms with Gasteiger partial charge in [-0.25, -0.2) is 0 Å². The first-order chi connectivity index (χ1) is 8.21. The number of Topliss-reactive ketones (excluding diaryl/α,β-unsaturated/α-hetero) is 1. The lowest BCUT2D eigenvalue weighted by atomic mass is 10.1. The first-order valence-corrected chi connectivity index (χ1v) is 5.24. The zero-order valence-corrected chi connectivity index (χ0v) is 10.0. The predicted octanol–water partition coefficient (Wildman–Crippen LogP) is 2.72. The van der Waals surface area contributed by atoms with Gasteiger partial charge in [-0.3, -0.25) is 9.59 Å². The van der Waals surface area contributed by atoms with Crippen LogP contribution in [-0.2, 0) is 11.3 Å². The van der Waals surface area contributed by atoms with Crippen LogP contribution in [0.2, 0.25) is 5.02 Å². The SMILES string of the molecule is CC(=O)c1cc(CNC(=O)C(F)(F)F)ccc1Cl. The van der Waals surface area contributed by atoms with Gasteiger partial charge in [0.25, 0.3) is 0 Å². The van der Waals surface area contributed by atoms with E-state index >= 15 is 0 Å². The molecule has 1 rings (SSSR count). The molecule has 98 valence electrons. The Balaban J connectivity index is 2.78. The Morgan fingerprint density at radius 1 is 1.33 bits per heavy atom. The molecule has 0 aliphatic carbocycles. The quantitative estimate of drug-likeness (QED) is 0.865. The Morgan fingerprint density at radius 2 is 1.94 bits per heavy atom. The number of rotatable bonds is 3. The number of hydrogen-bond acceptors (Lipinski definition) is 2. The van der Waals surface area contributed by atoms with Crippen LogP contribution in [0.1, 0.15) is 22.8 Å². The summed E-state index contributed by atoms with van der Waals surface area (Å²) in [5.74, 6) is -2.33. The highest BCUT2D eigenvalue weighted by atomic mass is 35.5. The molecule has 18 heavy (non-hydrogen) atoms. The Bertz CT molecular complexity index is 486. The Labute approximate surface area is 106 Å². The van der Waals surface area contributed by atoms with E-state index in [1.807, 2.05) is 0 Å². The van der Waals surface area contributed by atoms with E-state index < -0.39 is 12.1 Å². The fourth-order valence-corrected chi connectivity index (χ4v) is 1.49. The third-order valence-electron chi connectivity index (χ3n) is 2.12. The highest BCUT2D eigenvalue weighted by Gasteiger charge is 2.38. The van der Waals surface area contributed by atoms with E-state index in [0.29, 0.717) is 5.56 Å². The maximum Gasteiger partial charge on any atom is 0.471 e. The normalized spacial score (nSPS) is 11.2. The summed E-state index contributed by atoms with van der Waals surface area (Å²) in [6, 6.07) is 4.18. The average Bonchev–Trinajstić information content (AvgIpc) is 2.25. The second-order valence-electron chi connectivity index (χ2n) is 3.55. The Hall–Kier alpha value is -1.56. The van der Waals surface area contributed by atoms with Crippen molar-refractivity contribution >= 4 is 23.3 Å². The smallest absolute Gasteiger partial charge is 0.344 e. The Morgan fingerprint density at radius 3 is 2.44 bits per heavy atom. The molecule has 1 amide bonds. The van der Waals surface area contributed by atoms with Gasteiger partial charge < -0.3 is 5.32 Å². The van der Waals surface area contributed by atoms with Gasteiger partial charge >= 0.3 is 12.1 Å². The van der Waals surface area contributed by atoms with Crippen LogP contribution in [0.4, 0.5) is 13.2 Å². The summed E-state index contributed by atoms with van der Waals surface area (Å²) in [4.78, 5) is 21.8. The molecule has 3 nitrogen and oxygen atoms in total. The number of carbonyl (C=O) groups is 2. The maximum atomic E-state index is 11.9. The molecule has 0 saturated heterocycles. The molecule has 0 radical (unpaired) electrons. The molecule has 0 atom stereocenters. The zero-order chi connectivity index (χ0) is 13.9. The number of alkyl halides is 3. The fourth-order valence-electron chi connectivity index (χ4n) is 1.23. The molecule has 0 saturated carbocycles. The van der Waals surface area contributed by atoms with Gasteiger partial charge in [-0.1, -0.05) is 17.7 Å². The average molecular weight is 280 g/mol. The van der Waals surface area contributed by atoms with Crippen molar-refractivity contribution in [3.8, 4) is 0 Å². The van der Waals surface area contributed by atoms with Crippen molar-refractivity contribution in [2.75, 3.05) is 0 Å². The lowest BCUT2D eigenvalue weighted by Crippen LogP contribution is -2.36. The van der Waals surface area contributed by atoms with Gasteiger partial charge in [0.15, 0.2) is 5.78 Å². The van der Waals surface area contributed by atoms with Gasteiger partial charge in [-0.05, 0) is 24.6 Å². The summed E-state index contributed by atoms with van der Waals surface area (Å²) in [6.45, 7) is 0.967. The summed E-state index contributed by atoms with van der Waals surface area (Å²) in [5, 5.41) is 1.92. The number of nitrogens with one attached hydrogen (secondary N) is 1. The van der Waals surface area contributed by atoms with Gasteiger partial charge in [0.05, 0.1) is 5.02 Å². The van der Waals surface area contributed by atoms with Crippen molar-refractivity contribution in [2.45, 2.75) is 19.6 Å². The molecule has 0 spiro atoms. The van der Waals surface area contributed by atoms with Crippen molar-refractivity contribution in [2.24, 2.45) is 0 Å². The molecule has 0 aliphatic heterocycles. The standard InChI is InChI=1S/C11H9ClF3NO2/c1-6(17)8-4-7(2-3-9(8)12)5-16-10(18)11(13,14)15/h2-4H,5H2,1H3,(H,16,18). The summed E-state index contributed by atoms with van der Waals surface area (Å²) >= 11 is 5.74. The van der Waals surface area contributed by atoms with Crippen molar-refractivity contribution in [3.05, 3.63) is 34.3 Å². The summed E-state index contributed by atoms with van der Waals surface area (Å²) in [7, 11) is 0. The molecule has 1 aromatic rings. The van der Waals surface area contributed by atoms with Gasteiger partial charge in [-0.2, -0.15) is 13.2 Å². The summed E-state index contributed by atoms with van der Waals surface area (Å²) < 4.78 is 35.8. The Kier molecular flexibility index (Phi) is 4.34. The van der Waals surface area contributed by atoms with Gasteiger partial charge in [0, 0.05) is 12.1 Å². The molecule has 0 aromatic heterocycles. The highest BCUT2D eigenvalue weighted by Crippen LogP contribution is 2.19. The van der Waals surface area contributed by atoms with E-state index in [1.165, 1.54) is 25.1 Å². The molecular formula is C11H9ClF3NO2. The van der Waals surface area contributed by atoms with Crippen molar-refractivity contribution in [1.82, 2.24) is 5.32 Å². The first kappa shape index (κ1) is 14.5. The second kappa shape index (κ2) is 5.39. The molecular weight excluding hydrogens is 271 g/mol. The van der Waals surface area contributed by atoms with E-state index in [-0.39, 0.29) is 22.9 Å². The monoisotopic (exact) mass is 279 g/mol. The van der Waals surface area contributed by atoms with E-state index in [2.05, 4.69) is 0 Å². The number of carbonyl (C=O) groups excluding carboxylic acids is 2. The van der Waals surface area contributed by atoms with Crippen molar-refractivity contribution < 1.29 is 22.8 Å². The third-order valence-corrected chi connectivity index (χ3v) is 2.45. The van der Waals surface area contributed by atoms with Crippen LogP contribution in [0.15, 0.2) is 18.2 Å². The first-order valence-electron chi connectivity index (χ1n) is 4.86. The predicted molar refractivity (Wildman–Crippen MR) is 59.4 cm³/mol. The number of ketones is 1. The van der Waals surface area contributed by atoms with E-state index in [9.17, 15) is 22.8 Å². The lowest BCUT2D eigenvalue weighted by molar-refractivity contribution is -0.173. The largest absolute Gasteiger partial charge is 0.471 e. The molecule has 0 aliphatic rings. The van der Waals surface area contributed by atoms with Gasteiger partial charge in [-0.15, -0.1) is 0 Å². The molecule has 0 unspecified atom stereocenters. The summed E-state index contributed by atoms with van der Waals surface area (Å²) in [5.41, 5.74) is 0.567. The van der Waals surface area contributed by atoms with Crippen LogP contribution in [0.3, 0.4) is 0 Å². The number of hydrogen-bond donors (Lipinski definition) is 1. The molecule has 0 fully saturated rings. The lowest BCUT2D eigenvalue weighted by Gasteiger charge is -2.09. The fraction of sp³-hybridized carbons (Fsp3) is 0.273. The highest BCUT2D eigenvalue weighted by molar-refractivity contribution is 6.33. The van der Waals surface area contributed by atoms with Crippen LogP contribution in [0.5, 0.6) is 0 Å². The molecule has 0 bridgehead atoms. The molecule has 1 aromatic carbocycles. The van der Waals surface area contributed by atoms with Crippen LogP contribution < -0.4 is 5.32 Å². The van der Waals surface area contributed by atoms with Crippen molar-refractivity contribution in [3.63, 3.8) is 0 Å². The minimum Gasteiger partial charge on any atom is -0.344 e. The molecule has 0 heterocycles. The molecule has 7 heteroatoms. The minimum atomic E-state index is -4.92. The topological polar surface area (TPSA) is 46.2 Å². The third kappa shape index (κ3) is 3.73. The van der Waals surface area contributed by atoms with E-state index in [4.69, 9.17) is 11.6 Å². The van der Waals surface area contributed by atoms with Crippen LogP contribution in [-0.4, -0.2) is 17.9 Å². The van der Waals surface area contributed by atoms with Crippen LogP contribution in [0.25, 0.3) is 0 Å². The zero-order valence-electron chi connectivity index (χ0n) is 9.27. The maximum absolute atomic E-state index is 11.9.